The van der Waals surface area contributed by atoms with Gasteiger partial charge in [-0.15, -0.1) is 0 Å². The number of hydrogen-bond acceptors (Lipinski definition) is 16. The van der Waals surface area contributed by atoms with Crippen LogP contribution >= 0.6 is 33.0 Å². The van der Waals surface area contributed by atoms with Gasteiger partial charge in [-0.3, -0.25) is 29.8 Å². The number of nitrogens with two attached hydrogens (primary N) is 1. The van der Waals surface area contributed by atoms with Crippen LogP contribution < -0.4 is 35.3 Å². The lowest BCUT2D eigenvalue weighted by atomic mass is 9.92. The van der Waals surface area contributed by atoms with E-state index in [9.17, 15) is 19.2 Å². The minimum atomic E-state index is -1.67. The Hall–Kier alpha value is -10.5. The van der Waals surface area contributed by atoms with Crippen LogP contribution in [0.25, 0.3) is 0 Å². The summed E-state index contributed by atoms with van der Waals surface area (Å²) in [6, 6.07) is 74.7. The highest BCUT2D eigenvalue weighted by molar-refractivity contribution is 8.26. The summed E-state index contributed by atoms with van der Waals surface area (Å²) in [5, 5.41) is 25.6. The fourth-order valence-electron chi connectivity index (χ4n) is 8.86. The molecule has 8 aromatic carbocycles. The quantitative estimate of drug-likeness (QED) is 0.0459. The standard InChI is InChI=1S/2C22H24N2O3.C15H13ClO2.C15H14O3.C7H12N2O.Cl2OS/c2*1-22(2,3)19-14-21(27-24-19)23-20(25)13-16-9-11-18(12-10-16)26-15-17-7-5-4-6-8-17;2*16-15(17)10-12-6-8-14(9-7-12)18-11-13-4-2-1-3-5-13;1-7(2,3)5-4-6(8)10-9-5;1-4(2)3/h2*4-12,14H,13,15H2,1-3H3,(H,23,25);1-9H,10-11H2;1-9H,10-11H2,(H,16,17);4H,8H2,1-3H3;. The number of rotatable bonds is 22. The first kappa shape index (κ1) is 82.4. The first-order chi connectivity index (χ1) is 49.5. The molecule has 0 aliphatic rings. The number of nitrogen functional groups attached to an aromatic ring is 1. The largest absolute Gasteiger partial charge is 0.489 e. The maximum absolute atomic E-state index is 12.2. The number of nitrogens with zero attached hydrogens (tertiary/aromatic N) is 3. The van der Waals surface area contributed by atoms with Crippen LogP contribution in [0.2, 0.25) is 0 Å². The zero-order chi connectivity index (χ0) is 75.5. The third-order valence-electron chi connectivity index (χ3n) is 14.5. The molecule has 23 heteroatoms. The van der Waals surface area contributed by atoms with Crippen LogP contribution in [0.5, 0.6) is 23.0 Å². The molecule has 0 spiro atoms. The second-order valence-electron chi connectivity index (χ2n) is 26.4. The number of halogens is 3. The summed E-state index contributed by atoms with van der Waals surface area (Å²) in [4.78, 5) is 45.7. The number of carboxylic acids is 1. The number of carbonyl (C=O) groups is 4. The van der Waals surface area contributed by atoms with Gasteiger partial charge in [-0.05, 0) is 105 Å². The van der Waals surface area contributed by atoms with Crippen LogP contribution in [0.1, 0.15) is 124 Å². The van der Waals surface area contributed by atoms with E-state index < -0.39 is 15.2 Å². The Morgan fingerprint density at radius 1 is 0.394 bits per heavy atom. The number of amides is 2. The van der Waals surface area contributed by atoms with Crippen molar-refractivity contribution in [2.45, 2.75) is 131 Å². The molecule has 0 saturated heterocycles. The molecule has 0 aliphatic heterocycles. The van der Waals surface area contributed by atoms with Gasteiger partial charge in [-0.25, -0.2) is 4.21 Å². The Labute approximate surface area is 623 Å². The van der Waals surface area contributed by atoms with E-state index in [0.717, 1.165) is 84.6 Å². The van der Waals surface area contributed by atoms with Crippen molar-refractivity contribution in [3.05, 3.63) is 298 Å². The molecular formula is C81H87Cl3N6O13S. The number of carboxylic acid groups (broad SMARTS) is 1. The molecule has 104 heavy (non-hydrogen) atoms. The van der Waals surface area contributed by atoms with Crippen molar-refractivity contribution in [2.24, 2.45) is 0 Å². The fraction of sp³-hybridized carbons (Fsp3) is 0.247. The van der Waals surface area contributed by atoms with E-state index in [1.807, 2.05) is 236 Å². The molecule has 0 radical (unpaired) electrons. The molecular weight excluding hydrogens is 1400 g/mol. The Morgan fingerprint density at radius 2 is 0.644 bits per heavy atom. The van der Waals surface area contributed by atoms with Gasteiger partial charge in [-0.2, -0.15) is 0 Å². The van der Waals surface area contributed by atoms with E-state index in [2.05, 4.69) is 68.2 Å². The minimum Gasteiger partial charge on any atom is -0.489 e. The van der Waals surface area contributed by atoms with Gasteiger partial charge < -0.3 is 43.4 Å². The van der Waals surface area contributed by atoms with Gasteiger partial charge in [0.15, 0.2) is 0 Å². The van der Waals surface area contributed by atoms with Crippen LogP contribution in [0.3, 0.4) is 0 Å². The number of aliphatic carboxylic acids is 1. The van der Waals surface area contributed by atoms with Gasteiger partial charge in [0.05, 0.1) is 36.3 Å². The molecule has 2 amide bonds. The Balaban J connectivity index is 0.000000207. The zero-order valence-corrected chi connectivity index (χ0v) is 62.6. The lowest BCUT2D eigenvalue weighted by Crippen LogP contribution is -2.14. The number of ether oxygens (including phenoxy) is 4. The van der Waals surface area contributed by atoms with Crippen LogP contribution in [-0.2, 0) is 96.8 Å². The molecule has 0 saturated carbocycles. The maximum Gasteiger partial charge on any atom is 0.307 e. The van der Waals surface area contributed by atoms with Gasteiger partial charge in [0, 0.05) is 62.2 Å². The van der Waals surface area contributed by atoms with E-state index in [4.69, 9.17) is 59.2 Å². The lowest BCUT2D eigenvalue weighted by Gasteiger charge is -2.12. The molecule has 3 heterocycles. The average Bonchev–Trinajstić information content (AvgIpc) is 1.75. The van der Waals surface area contributed by atoms with Crippen molar-refractivity contribution in [2.75, 3.05) is 16.4 Å². The van der Waals surface area contributed by atoms with E-state index in [1.165, 1.54) is 0 Å². The molecule has 3 aromatic heterocycles. The minimum absolute atomic E-state index is 0.0289. The Morgan fingerprint density at radius 3 is 0.865 bits per heavy atom. The number of nitrogens with one attached hydrogen (secondary N) is 2. The maximum atomic E-state index is 12.2. The first-order valence-corrected chi connectivity index (χ1v) is 36.1. The number of carbonyl (C=O) groups excluding carboxylic acids is 3. The highest BCUT2D eigenvalue weighted by Gasteiger charge is 2.22. The highest BCUT2D eigenvalue weighted by Crippen LogP contribution is 2.27. The normalized spacial score (nSPS) is 10.8. The molecule has 5 N–H and O–H groups in total. The van der Waals surface area contributed by atoms with E-state index in [-0.39, 0.29) is 59.0 Å². The first-order valence-electron chi connectivity index (χ1n) is 32.9. The average molecular weight is 1490 g/mol. The van der Waals surface area contributed by atoms with E-state index in [1.54, 1.807) is 42.5 Å². The molecule has 0 bridgehead atoms. The summed E-state index contributed by atoms with van der Waals surface area (Å²) in [5.41, 5.74) is 15.5. The second-order valence-corrected chi connectivity index (χ2v) is 29.4. The summed E-state index contributed by atoms with van der Waals surface area (Å²) < 4.78 is 46.9. The zero-order valence-electron chi connectivity index (χ0n) is 59.5. The third-order valence-corrected chi connectivity index (χ3v) is 14.6. The van der Waals surface area contributed by atoms with Crippen molar-refractivity contribution in [1.29, 1.82) is 0 Å². The summed E-state index contributed by atoms with van der Waals surface area (Å²) in [6.07, 6.45) is 0.800. The Kier molecular flexibility index (Phi) is 33.4. The summed E-state index contributed by atoms with van der Waals surface area (Å²) >= 11 is 5.32. The monoisotopic (exact) mass is 1490 g/mol. The summed E-state index contributed by atoms with van der Waals surface area (Å²) in [5.74, 6) is 3.06. The summed E-state index contributed by atoms with van der Waals surface area (Å²) in [7, 11) is 7.36. The highest BCUT2D eigenvalue weighted by atomic mass is 36.0. The molecule has 0 fully saturated rings. The van der Waals surface area contributed by atoms with Crippen molar-refractivity contribution in [1.82, 2.24) is 15.5 Å². The molecule has 0 aliphatic carbocycles. The number of hydrogen-bond donors (Lipinski definition) is 4. The number of benzene rings is 8. The molecule has 19 nitrogen and oxygen atoms in total. The fourth-order valence-corrected chi connectivity index (χ4v) is 9.02. The lowest BCUT2D eigenvalue weighted by molar-refractivity contribution is -0.136. The molecule has 546 valence electrons. The van der Waals surface area contributed by atoms with Gasteiger partial charge in [0.2, 0.25) is 43.9 Å². The molecule has 0 atom stereocenters. The van der Waals surface area contributed by atoms with Crippen molar-refractivity contribution in [3.63, 3.8) is 0 Å². The predicted octanol–water partition coefficient (Wildman–Crippen LogP) is 18.5. The third kappa shape index (κ3) is 33.1. The number of aromatic nitrogens is 3. The smallest absolute Gasteiger partial charge is 0.307 e. The van der Waals surface area contributed by atoms with Gasteiger partial charge in [0.1, 0.15) is 49.4 Å². The molecule has 11 aromatic rings. The second kappa shape index (κ2) is 42.2. The Bertz CT molecular complexity index is 4100. The van der Waals surface area contributed by atoms with Crippen LogP contribution in [0, 0.1) is 0 Å². The van der Waals surface area contributed by atoms with Crippen LogP contribution in [0.15, 0.2) is 250 Å². The molecule has 11 rings (SSSR count). The topological polar surface area (TPSA) is 271 Å². The van der Waals surface area contributed by atoms with Crippen molar-refractivity contribution in [3.8, 4) is 23.0 Å². The van der Waals surface area contributed by atoms with Crippen molar-refractivity contribution < 1.29 is 61.0 Å². The van der Waals surface area contributed by atoms with Crippen LogP contribution in [-0.4, -0.2) is 47.8 Å². The van der Waals surface area contributed by atoms with E-state index in [0.29, 0.717) is 44.1 Å². The molecule has 0 unspecified atom stereocenters. The van der Waals surface area contributed by atoms with Gasteiger partial charge in [-0.1, -0.05) is 248 Å². The SMILES string of the molecule is CC(C)(C)c1cc(N)on1.CC(C)(C)c1cc(NC(=O)Cc2ccc(OCc3ccccc3)cc2)on1.CC(C)(C)c1cc(NC(=O)Cc2ccc(OCc3ccccc3)cc2)on1.O=C(Cl)Cc1ccc(OCc2ccccc2)cc1.O=C(O)Cc1ccc(OCc2ccccc2)cc1.O=S(Cl)Cl. The van der Waals surface area contributed by atoms with E-state index >= 15 is 0 Å². The summed E-state index contributed by atoms with van der Waals surface area (Å²) in [6.45, 7) is 20.5. The van der Waals surface area contributed by atoms with Gasteiger partial charge >= 0.3 is 5.97 Å². The number of anilines is 3. The van der Waals surface area contributed by atoms with Crippen molar-refractivity contribution >= 4 is 82.9 Å². The van der Waals surface area contributed by atoms with Crippen LogP contribution in [0.4, 0.5) is 17.7 Å². The predicted molar refractivity (Wildman–Crippen MR) is 409 cm³/mol. The van der Waals surface area contributed by atoms with Gasteiger partial charge in [0.25, 0.3) is 0 Å².